The maximum Gasteiger partial charge on any atom is 0.344 e. The number of carbonyl (C=O) groups is 2. The third-order valence-corrected chi connectivity index (χ3v) is 4.53. The molecule has 0 aliphatic rings. The summed E-state index contributed by atoms with van der Waals surface area (Å²) in [6.07, 6.45) is 1.62. The van der Waals surface area contributed by atoms with Crippen LogP contribution in [0.3, 0.4) is 0 Å². The predicted molar refractivity (Wildman–Crippen MR) is 111 cm³/mol. The zero-order valence-corrected chi connectivity index (χ0v) is 17.1. The van der Waals surface area contributed by atoms with Gasteiger partial charge in [0.05, 0.1) is 0 Å². The first-order chi connectivity index (χ1) is 13.4. The van der Waals surface area contributed by atoms with Gasteiger partial charge in [-0.05, 0) is 47.6 Å². The summed E-state index contributed by atoms with van der Waals surface area (Å²) in [5.74, 6) is 0.0895. The van der Waals surface area contributed by atoms with E-state index in [4.69, 9.17) is 9.47 Å². The molecule has 0 heterocycles. The average molecular weight is 383 g/mol. The van der Waals surface area contributed by atoms with Crippen molar-refractivity contribution in [1.29, 1.82) is 0 Å². The minimum atomic E-state index is -0.581. The Bertz CT molecular complexity index is 774. The Morgan fingerprint density at radius 2 is 1.54 bits per heavy atom. The van der Waals surface area contributed by atoms with Gasteiger partial charge in [-0.2, -0.15) is 0 Å². The van der Waals surface area contributed by atoms with E-state index in [0.717, 1.165) is 29.7 Å². The van der Waals surface area contributed by atoms with Crippen molar-refractivity contribution in [3.8, 4) is 5.75 Å². The number of anilines is 1. The predicted octanol–water partition coefficient (Wildman–Crippen LogP) is 4.50. The second-order valence-corrected chi connectivity index (χ2v) is 6.88. The number of hydrogen-bond donors (Lipinski definition) is 1. The van der Waals surface area contributed by atoms with Gasteiger partial charge in [-0.1, -0.05) is 58.0 Å². The fourth-order valence-electron chi connectivity index (χ4n) is 2.86. The lowest BCUT2D eigenvalue weighted by atomic mass is 10.0. The Kier molecular flexibility index (Phi) is 8.05. The van der Waals surface area contributed by atoms with Crippen molar-refractivity contribution < 1.29 is 19.1 Å². The number of rotatable bonds is 9. The molecule has 2 aromatic rings. The summed E-state index contributed by atoms with van der Waals surface area (Å²) < 4.78 is 10.5. The van der Waals surface area contributed by atoms with Crippen molar-refractivity contribution >= 4 is 17.6 Å². The molecule has 5 nitrogen and oxygen atoms in total. The van der Waals surface area contributed by atoms with Gasteiger partial charge >= 0.3 is 5.97 Å². The Labute approximate surface area is 167 Å². The molecule has 0 radical (unpaired) electrons. The molecule has 1 N–H and O–H groups in total. The summed E-state index contributed by atoms with van der Waals surface area (Å²) in [5, 5.41) is 2.87. The monoisotopic (exact) mass is 383 g/mol. The van der Waals surface area contributed by atoms with E-state index < -0.39 is 5.97 Å². The standard InChI is InChI=1S/C23H29NO4/c1-5-17-8-7-9-18(6-2)23(17)24-21(25)14-28-22(26)15-27-20-12-10-19(11-13-20)16(3)4/h7-13,16H,5-6,14-15H2,1-4H3,(H,24,25). The van der Waals surface area contributed by atoms with Gasteiger partial charge in [0.15, 0.2) is 13.2 Å². The maximum absolute atomic E-state index is 12.2. The van der Waals surface area contributed by atoms with Crippen LogP contribution in [0.5, 0.6) is 5.75 Å². The molecular weight excluding hydrogens is 354 g/mol. The Hall–Kier alpha value is -2.82. The highest BCUT2D eigenvalue weighted by molar-refractivity contribution is 5.94. The highest BCUT2D eigenvalue weighted by Gasteiger charge is 2.13. The fraction of sp³-hybridized carbons (Fsp3) is 0.391. The number of esters is 1. The topological polar surface area (TPSA) is 64.6 Å². The van der Waals surface area contributed by atoms with Crippen LogP contribution in [0.4, 0.5) is 5.69 Å². The van der Waals surface area contributed by atoms with Crippen LogP contribution >= 0.6 is 0 Å². The van der Waals surface area contributed by atoms with Gasteiger partial charge in [0.1, 0.15) is 5.75 Å². The van der Waals surface area contributed by atoms with E-state index in [-0.39, 0.29) is 19.1 Å². The maximum atomic E-state index is 12.2. The normalized spacial score (nSPS) is 10.6. The molecule has 0 aliphatic heterocycles. The van der Waals surface area contributed by atoms with Crippen LogP contribution in [0.2, 0.25) is 0 Å². The number of nitrogens with one attached hydrogen (secondary N) is 1. The molecule has 0 aliphatic carbocycles. The fourth-order valence-corrected chi connectivity index (χ4v) is 2.86. The first-order valence-electron chi connectivity index (χ1n) is 9.73. The molecule has 28 heavy (non-hydrogen) atoms. The second kappa shape index (κ2) is 10.5. The molecule has 0 atom stereocenters. The molecule has 0 saturated carbocycles. The number of carbonyl (C=O) groups excluding carboxylic acids is 2. The second-order valence-electron chi connectivity index (χ2n) is 6.88. The highest BCUT2D eigenvalue weighted by Crippen LogP contribution is 2.22. The lowest BCUT2D eigenvalue weighted by Crippen LogP contribution is -2.24. The number of hydrogen-bond acceptors (Lipinski definition) is 4. The van der Waals surface area contributed by atoms with Crippen molar-refractivity contribution in [3.05, 3.63) is 59.2 Å². The van der Waals surface area contributed by atoms with Crippen LogP contribution in [0, 0.1) is 0 Å². The summed E-state index contributed by atoms with van der Waals surface area (Å²) in [6, 6.07) is 13.5. The quantitative estimate of drug-likeness (QED) is 0.648. The van der Waals surface area contributed by atoms with E-state index >= 15 is 0 Å². The average Bonchev–Trinajstić information content (AvgIpc) is 2.71. The number of aryl methyl sites for hydroxylation is 2. The van der Waals surface area contributed by atoms with E-state index in [0.29, 0.717) is 11.7 Å². The van der Waals surface area contributed by atoms with Crippen LogP contribution in [0.1, 0.15) is 50.3 Å². The molecule has 2 aromatic carbocycles. The molecule has 150 valence electrons. The van der Waals surface area contributed by atoms with Gasteiger partial charge in [0.2, 0.25) is 0 Å². The summed E-state index contributed by atoms with van der Waals surface area (Å²) >= 11 is 0. The largest absolute Gasteiger partial charge is 0.482 e. The zero-order valence-electron chi connectivity index (χ0n) is 17.1. The Balaban J connectivity index is 1.82. The van der Waals surface area contributed by atoms with E-state index in [9.17, 15) is 9.59 Å². The smallest absolute Gasteiger partial charge is 0.344 e. The molecule has 0 bridgehead atoms. The third-order valence-electron chi connectivity index (χ3n) is 4.53. The van der Waals surface area contributed by atoms with E-state index in [2.05, 4.69) is 19.2 Å². The summed E-state index contributed by atoms with van der Waals surface area (Å²) in [7, 11) is 0. The molecule has 5 heteroatoms. The molecule has 0 aromatic heterocycles. The summed E-state index contributed by atoms with van der Waals surface area (Å²) in [4.78, 5) is 24.1. The number of amides is 1. The summed E-state index contributed by atoms with van der Waals surface area (Å²) in [6.45, 7) is 7.72. The van der Waals surface area contributed by atoms with Gasteiger partial charge in [-0.25, -0.2) is 4.79 Å². The van der Waals surface area contributed by atoms with Crippen molar-refractivity contribution in [3.63, 3.8) is 0 Å². The number of para-hydroxylation sites is 1. The van der Waals surface area contributed by atoms with Crippen LogP contribution in [0.25, 0.3) is 0 Å². The van der Waals surface area contributed by atoms with Crippen molar-refractivity contribution in [2.75, 3.05) is 18.5 Å². The lowest BCUT2D eigenvalue weighted by Gasteiger charge is -2.14. The van der Waals surface area contributed by atoms with Gasteiger partial charge in [0.25, 0.3) is 5.91 Å². The van der Waals surface area contributed by atoms with Gasteiger partial charge in [-0.15, -0.1) is 0 Å². The van der Waals surface area contributed by atoms with Crippen LogP contribution in [0.15, 0.2) is 42.5 Å². The van der Waals surface area contributed by atoms with Gasteiger partial charge < -0.3 is 14.8 Å². The molecule has 0 saturated heterocycles. The van der Waals surface area contributed by atoms with E-state index in [1.807, 2.05) is 56.3 Å². The molecule has 0 fully saturated rings. The third kappa shape index (κ3) is 6.12. The molecule has 0 spiro atoms. The first-order valence-corrected chi connectivity index (χ1v) is 9.73. The van der Waals surface area contributed by atoms with Crippen LogP contribution in [-0.4, -0.2) is 25.1 Å². The van der Waals surface area contributed by atoms with Crippen LogP contribution < -0.4 is 10.1 Å². The van der Waals surface area contributed by atoms with E-state index in [1.165, 1.54) is 5.56 Å². The number of benzene rings is 2. The van der Waals surface area contributed by atoms with Gasteiger partial charge in [-0.3, -0.25) is 4.79 Å². The van der Waals surface area contributed by atoms with Crippen molar-refractivity contribution in [1.82, 2.24) is 0 Å². The first kappa shape index (κ1) is 21.5. The number of ether oxygens (including phenoxy) is 2. The Morgan fingerprint density at radius 3 is 2.07 bits per heavy atom. The molecule has 1 amide bonds. The van der Waals surface area contributed by atoms with E-state index in [1.54, 1.807) is 0 Å². The molecule has 2 rings (SSSR count). The van der Waals surface area contributed by atoms with Crippen molar-refractivity contribution in [2.24, 2.45) is 0 Å². The zero-order chi connectivity index (χ0) is 20.5. The molecule has 0 unspecified atom stereocenters. The minimum absolute atomic E-state index is 0.236. The summed E-state index contributed by atoms with van der Waals surface area (Å²) in [5.41, 5.74) is 4.14. The minimum Gasteiger partial charge on any atom is -0.482 e. The van der Waals surface area contributed by atoms with Crippen LogP contribution in [-0.2, 0) is 27.2 Å². The van der Waals surface area contributed by atoms with Gasteiger partial charge in [0, 0.05) is 5.69 Å². The highest BCUT2D eigenvalue weighted by atomic mass is 16.6. The SMILES string of the molecule is CCc1cccc(CC)c1NC(=O)COC(=O)COc1ccc(C(C)C)cc1. The molecular formula is C23H29NO4. The Morgan fingerprint density at radius 1 is 0.929 bits per heavy atom. The lowest BCUT2D eigenvalue weighted by molar-refractivity contribution is -0.149. The van der Waals surface area contributed by atoms with Crippen molar-refractivity contribution in [2.45, 2.75) is 46.5 Å².